The second kappa shape index (κ2) is 3.88. The molecule has 0 aliphatic carbocycles. The van der Waals surface area contributed by atoms with Crippen LogP contribution in [0.2, 0.25) is 0 Å². The zero-order valence-corrected chi connectivity index (χ0v) is 8.01. The van der Waals surface area contributed by atoms with E-state index in [4.69, 9.17) is 21.1 Å². The van der Waals surface area contributed by atoms with Crippen molar-refractivity contribution < 1.29 is 9.47 Å². The summed E-state index contributed by atoms with van der Waals surface area (Å²) in [4.78, 5) is 0. The van der Waals surface area contributed by atoms with E-state index in [0.29, 0.717) is 5.88 Å². The lowest BCUT2D eigenvalue weighted by molar-refractivity contribution is 0.297. The monoisotopic (exact) mass is 198 g/mol. The first-order valence-corrected chi connectivity index (χ1v) is 4.88. The average molecular weight is 199 g/mol. The van der Waals surface area contributed by atoms with Crippen LogP contribution < -0.4 is 9.47 Å². The molecule has 1 aromatic carbocycles. The number of rotatable bonds is 1. The Morgan fingerprint density at radius 2 is 1.92 bits per heavy atom. The van der Waals surface area contributed by atoms with Gasteiger partial charge in [0.2, 0.25) is 0 Å². The molecule has 13 heavy (non-hydrogen) atoms. The predicted molar refractivity (Wildman–Crippen MR) is 51.6 cm³/mol. The molecule has 2 nitrogen and oxygen atoms in total. The van der Waals surface area contributed by atoms with Crippen LogP contribution in [0.25, 0.3) is 0 Å². The Labute approximate surface area is 82.4 Å². The van der Waals surface area contributed by atoms with Gasteiger partial charge in [0.1, 0.15) is 0 Å². The lowest BCUT2D eigenvalue weighted by Crippen LogP contribution is -1.97. The Kier molecular flexibility index (Phi) is 2.60. The first kappa shape index (κ1) is 8.70. The van der Waals surface area contributed by atoms with Crippen LogP contribution in [0.5, 0.6) is 11.5 Å². The van der Waals surface area contributed by atoms with Crippen LogP contribution >= 0.6 is 11.6 Å². The third-order valence-corrected chi connectivity index (χ3v) is 2.27. The van der Waals surface area contributed by atoms with E-state index >= 15 is 0 Å². The van der Waals surface area contributed by atoms with Crippen LogP contribution in [-0.4, -0.2) is 13.2 Å². The van der Waals surface area contributed by atoms with Crippen molar-refractivity contribution in [2.75, 3.05) is 13.2 Å². The summed E-state index contributed by atoms with van der Waals surface area (Å²) in [5.74, 6) is 2.15. The van der Waals surface area contributed by atoms with Gasteiger partial charge in [0, 0.05) is 12.3 Å². The third kappa shape index (κ3) is 1.89. The Hall–Kier alpha value is -0.890. The van der Waals surface area contributed by atoms with Crippen molar-refractivity contribution in [3.05, 3.63) is 23.8 Å². The summed E-state index contributed by atoms with van der Waals surface area (Å²) in [5.41, 5.74) is 1.06. The molecule has 0 bridgehead atoms. The Balaban J connectivity index is 2.32. The van der Waals surface area contributed by atoms with E-state index < -0.39 is 0 Å². The maximum Gasteiger partial charge on any atom is 0.161 e. The minimum absolute atomic E-state index is 0.511. The van der Waals surface area contributed by atoms with E-state index in [1.807, 2.05) is 18.2 Å². The van der Waals surface area contributed by atoms with E-state index in [1.165, 1.54) is 0 Å². The van der Waals surface area contributed by atoms with E-state index in [9.17, 15) is 0 Å². The van der Waals surface area contributed by atoms with Gasteiger partial charge in [-0.15, -0.1) is 11.6 Å². The highest BCUT2D eigenvalue weighted by Gasteiger charge is 2.09. The summed E-state index contributed by atoms with van der Waals surface area (Å²) in [6.07, 6.45) is 0.935. The van der Waals surface area contributed by atoms with Crippen LogP contribution in [0.4, 0.5) is 0 Å². The largest absolute Gasteiger partial charge is 0.490 e. The molecule has 0 saturated carbocycles. The van der Waals surface area contributed by atoms with Gasteiger partial charge in [0.15, 0.2) is 11.5 Å². The number of hydrogen-bond acceptors (Lipinski definition) is 2. The minimum Gasteiger partial charge on any atom is -0.490 e. The molecular weight excluding hydrogens is 188 g/mol. The van der Waals surface area contributed by atoms with Crippen LogP contribution in [0, 0.1) is 0 Å². The van der Waals surface area contributed by atoms with Gasteiger partial charge in [-0.05, 0) is 17.7 Å². The summed E-state index contributed by atoms with van der Waals surface area (Å²) < 4.78 is 11.0. The molecule has 3 heteroatoms. The molecule has 1 aromatic rings. The quantitative estimate of drug-likeness (QED) is 0.646. The molecule has 0 unspecified atom stereocenters. The highest BCUT2D eigenvalue weighted by molar-refractivity contribution is 6.17. The third-order valence-electron chi connectivity index (χ3n) is 1.97. The lowest BCUT2D eigenvalue weighted by atomic mass is 10.2. The fourth-order valence-electron chi connectivity index (χ4n) is 1.29. The Morgan fingerprint density at radius 3 is 2.69 bits per heavy atom. The first-order valence-electron chi connectivity index (χ1n) is 4.34. The molecule has 1 aliphatic rings. The second-order valence-electron chi connectivity index (χ2n) is 2.97. The highest BCUT2D eigenvalue weighted by Crippen LogP contribution is 2.30. The molecule has 0 atom stereocenters. The molecule has 0 spiro atoms. The summed E-state index contributed by atoms with van der Waals surface area (Å²) in [6, 6.07) is 5.81. The normalized spacial score (nSPS) is 15.2. The number of benzene rings is 1. The molecule has 1 aliphatic heterocycles. The molecular formula is C10H11ClO2. The van der Waals surface area contributed by atoms with Gasteiger partial charge in [0.05, 0.1) is 13.2 Å². The maximum absolute atomic E-state index is 5.71. The number of ether oxygens (including phenoxy) is 2. The van der Waals surface area contributed by atoms with E-state index in [-0.39, 0.29) is 0 Å². The van der Waals surface area contributed by atoms with Crippen molar-refractivity contribution in [2.24, 2.45) is 0 Å². The molecule has 0 N–H and O–H groups in total. The standard InChI is InChI=1S/C10H11ClO2/c11-7-8-2-3-9-10(6-8)13-5-1-4-12-9/h2-3,6H,1,4-5,7H2. The second-order valence-corrected chi connectivity index (χ2v) is 3.23. The lowest BCUT2D eigenvalue weighted by Gasteiger charge is -2.07. The van der Waals surface area contributed by atoms with Crippen LogP contribution in [0.3, 0.4) is 0 Å². The molecule has 0 radical (unpaired) electrons. The Morgan fingerprint density at radius 1 is 1.15 bits per heavy atom. The van der Waals surface area contributed by atoms with Crippen LogP contribution in [0.15, 0.2) is 18.2 Å². The van der Waals surface area contributed by atoms with Gasteiger partial charge in [-0.25, -0.2) is 0 Å². The van der Waals surface area contributed by atoms with Gasteiger partial charge < -0.3 is 9.47 Å². The van der Waals surface area contributed by atoms with Crippen molar-refractivity contribution in [3.8, 4) is 11.5 Å². The number of alkyl halides is 1. The molecule has 0 saturated heterocycles. The number of hydrogen-bond donors (Lipinski definition) is 0. The zero-order valence-electron chi connectivity index (χ0n) is 7.25. The van der Waals surface area contributed by atoms with Gasteiger partial charge in [-0.1, -0.05) is 6.07 Å². The van der Waals surface area contributed by atoms with E-state index in [0.717, 1.165) is 36.7 Å². The minimum atomic E-state index is 0.511. The molecule has 0 amide bonds. The molecule has 70 valence electrons. The van der Waals surface area contributed by atoms with Gasteiger partial charge in [-0.3, -0.25) is 0 Å². The average Bonchev–Trinajstić information content (AvgIpc) is 2.41. The topological polar surface area (TPSA) is 18.5 Å². The molecule has 2 rings (SSSR count). The van der Waals surface area contributed by atoms with Gasteiger partial charge >= 0.3 is 0 Å². The van der Waals surface area contributed by atoms with Crippen molar-refractivity contribution in [1.82, 2.24) is 0 Å². The molecule has 0 aromatic heterocycles. The summed E-state index contributed by atoms with van der Waals surface area (Å²) in [7, 11) is 0. The van der Waals surface area contributed by atoms with E-state index in [2.05, 4.69) is 0 Å². The fourth-order valence-corrected chi connectivity index (χ4v) is 1.46. The van der Waals surface area contributed by atoms with Crippen molar-refractivity contribution in [3.63, 3.8) is 0 Å². The van der Waals surface area contributed by atoms with Gasteiger partial charge in [-0.2, -0.15) is 0 Å². The molecule has 1 heterocycles. The van der Waals surface area contributed by atoms with Crippen LogP contribution in [-0.2, 0) is 5.88 Å². The van der Waals surface area contributed by atoms with Crippen LogP contribution in [0.1, 0.15) is 12.0 Å². The summed E-state index contributed by atoms with van der Waals surface area (Å²) >= 11 is 5.71. The predicted octanol–water partition coefficient (Wildman–Crippen LogP) is 2.59. The SMILES string of the molecule is ClCc1ccc2c(c1)OCCCO2. The first-order chi connectivity index (χ1) is 6.40. The van der Waals surface area contributed by atoms with Crippen molar-refractivity contribution >= 4 is 11.6 Å². The Bertz CT molecular complexity index is 299. The van der Waals surface area contributed by atoms with Crippen molar-refractivity contribution in [2.45, 2.75) is 12.3 Å². The number of fused-ring (bicyclic) bond motifs is 1. The van der Waals surface area contributed by atoms with E-state index in [1.54, 1.807) is 0 Å². The summed E-state index contributed by atoms with van der Waals surface area (Å²) in [5, 5.41) is 0. The van der Waals surface area contributed by atoms with Gasteiger partial charge in [0.25, 0.3) is 0 Å². The highest BCUT2D eigenvalue weighted by atomic mass is 35.5. The summed E-state index contributed by atoms with van der Waals surface area (Å²) in [6.45, 7) is 1.45. The molecule has 0 fully saturated rings. The number of halogens is 1. The van der Waals surface area contributed by atoms with Crippen molar-refractivity contribution in [1.29, 1.82) is 0 Å². The fraction of sp³-hybridized carbons (Fsp3) is 0.400. The smallest absolute Gasteiger partial charge is 0.161 e. The zero-order chi connectivity index (χ0) is 9.10. The maximum atomic E-state index is 5.71.